The number of carbonyl (C=O) groups excluding carboxylic acids is 1. The van der Waals surface area contributed by atoms with Gasteiger partial charge in [-0.15, -0.1) is 11.3 Å². The lowest BCUT2D eigenvalue weighted by molar-refractivity contribution is 0.102. The minimum Gasteiger partial charge on any atom is -0.354 e. The highest BCUT2D eigenvalue weighted by Gasteiger charge is 2.24. The molecule has 30 heavy (non-hydrogen) atoms. The summed E-state index contributed by atoms with van der Waals surface area (Å²) < 4.78 is 1.42. The van der Waals surface area contributed by atoms with Gasteiger partial charge in [0.2, 0.25) is 0 Å². The first-order chi connectivity index (χ1) is 14.5. The van der Waals surface area contributed by atoms with E-state index in [-0.39, 0.29) is 11.5 Å². The molecule has 0 unspecified atom stereocenters. The van der Waals surface area contributed by atoms with E-state index >= 15 is 0 Å². The van der Waals surface area contributed by atoms with Crippen molar-refractivity contribution in [1.82, 2.24) is 19.5 Å². The predicted octanol–water partition coefficient (Wildman–Crippen LogP) is 3.10. The number of hydrogen-bond donors (Lipinski definition) is 1. The van der Waals surface area contributed by atoms with Crippen LogP contribution in [0.3, 0.4) is 0 Å². The molecule has 5 rings (SSSR count). The van der Waals surface area contributed by atoms with Crippen LogP contribution in [0.5, 0.6) is 0 Å². The van der Waals surface area contributed by atoms with Gasteiger partial charge in [-0.2, -0.15) is 0 Å². The number of aryl methyl sites for hydroxylation is 2. The molecule has 1 saturated heterocycles. The number of anilines is 2. The van der Waals surface area contributed by atoms with Crippen molar-refractivity contribution < 1.29 is 4.79 Å². The van der Waals surface area contributed by atoms with Crippen molar-refractivity contribution >= 4 is 50.1 Å². The van der Waals surface area contributed by atoms with Gasteiger partial charge in [-0.1, -0.05) is 12.1 Å². The van der Waals surface area contributed by atoms with Crippen LogP contribution in [0.4, 0.5) is 11.6 Å². The van der Waals surface area contributed by atoms with Gasteiger partial charge >= 0.3 is 0 Å². The van der Waals surface area contributed by atoms with Crippen LogP contribution in [0.25, 0.3) is 21.3 Å². The third-order valence-corrected chi connectivity index (χ3v) is 6.61. The standard InChI is InChI=1S/C21H20N6O2S/c1-12-15-20(22-11-26(2)21(15)29)30-16(12)19(28)25-17-18(27-9-5-6-10-27)24-14-8-4-3-7-13(14)23-17/h3-4,7-8,11H,5-6,9-10H2,1-2H3,(H,23,25,28). The molecule has 1 fully saturated rings. The van der Waals surface area contributed by atoms with E-state index in [1.165, 1.54) is 22.2 Å². The second-order valence-electron chi connectivity index (χ2n) is 7.43. The molecule has 1 N–H and O–H groups in total. The van der Waals surface area contributed by atoms with E-state index in [0.717, 1.165) is 37.0 Å². The van der Waals surface area contributed by atoms with E-state index in [1.54, 1.807) is 14.0 Å². The summed E-state index contributed by atoms with van der Waals surface area (Å²) >= 11 is 1.22. The lowest BCUT2D eigenvalue weighted by atomic mass is 10.2. The smallest absolute Gasteiger partial charge is 0.267 e. The molecule has 1 aromatic carbocycles. The van der Waals surface area contributed by atoms with Gasteiger partial charge in [-0.3, -0.25) is 9.59 Å². The first kappa shape index (κ1) is 18.7. The summed E-state index contributed by atoms with van der Waals surface area (Å²) in [6, 6.07) is 7.63. The van der Waals surface area contributed by atoms with Crippen LogP contribution in [-0.2, 0) is 7.05 Å². The van der Waals surface area contributed by atoms with Gasteiger partial charge in [0.25, 0.3) is 11.5 Å². The fourth-order valence-corrected chi connectivity index (χ4v) is 4.85. The molecule has 8 nitrogen and oxygen atoms in total. The van der Waals surface area contributed by atoms with Crippen LogP contribution < -0.4 is 15.8 Å². The number of fused-ring (bicyclic) bond motifs is 2. The number of nitrogens with zero attached hydrogens (tertiary/aromatic N) is 5. The zero-order valence-electron chi connectivity index (χ0n) is 16.7. The molecule has 9 heteroatoms. The monoisotopic (exact) mass is 420 g/mol. The van der Waals surface area contributed by atoms with Crippen molar-refractivity contribution in [3.63, 3.8) is 0 Å². The SMILES string of the molecule is Cc1c(C(=O)Nc2nc3ccccc3nc2N2CCCC2)sc2ncn(C)c(=O)c12. The molecule has 4 heterocycles. The van der Waals surface area contributed by atoms with Gasteiger partial charge in [-0.05, 0) is 37.5 Å². The minimum absolute atomic E-state index is 0.156. The number of aromatic nitrogens is 4. The first-order valence-electron chi connectivity index (χ1n) is 9.81. The van der Waals surface area contributed by atoms with E-state index in [2.05, 4.69) is 20.2 Å². The summed E-state index contributed by atoms with van der Waals surface area (Å²) in [4.78, 5) is 42.6. The van der Waals surface area contributed by atoms with Gasteiger partial charge in [0.05, 0.1) is 27.6 Å². The zero-order valence-corrected chi connectivity index (χ0v) is 17.5. The molecule has 1 aliphatic heterocycles. The lowest BCUT2D eigenvalue weighted by Crippen LogP contribution is -2.23. The average Bonchev–Trinajstić information content (AvgIpc) is 3.39. The molecule has 0 aliphatic carbocycles. The lowest BCUT2D eigenvalue weighted by Gasteiger charge is -2.20. The Morgan fingerprint density at radius 3 is 2.57 bits per heavy atom. The second kappa shape index (κ2) is 7.17. The van der Waals surface area contributed by atoms with E-state index < -0.39 is 0 Å². The van der Waals surface area contributed by atoms with E-state index in [0.29, 0.717) is 32.3 Å². The molecule has 1 aliphatic rings. The zero-order chi connectivity index (χ0) is 20.8. The van der Waals surface area contributed by atoms with Gasteiger partial charge in [0.15, 0.2) is 11.6 Å². The summed E-state index contributed by atoms with van der Waals surface area (Å²) in [5.41, 5.74) is 2.00. The Morgan fingerprint density at radius 2 is 1.83 bits per heavy atom. The highest BCUT2D eigenvalue weighted by atomic mass is 32.1. The number of nitrogens with one attached hydrogen (secondary N) is 1. The molecule has 1 amide bonds. The maximum atomic E-state index is 13.2. The molecule has 0 spiro atoms. The number of carbonyl (C=O) groups is 1. The van der Waals surface area contributed by atoms with E-state index in [9.17, 15) is 9.59 Å². The van der Waals surface area contributed by atoms with Gasteiger partial charge in [-0.25, -0.2) is 15.0 Å². The first-order valence-corrected chi connectivity index (χ1v) is 10.6. The fraction of sp³-hybridized carbons (Fsp3) is 0.286. The van der Waals surface area contributed by atoms with E-state index in [4.69, 9.17) is 4.98 Å². The van der Waals surface area contributed by atoms with Crippen molar-refractivity contribution in [1.29, 1.82) is 0 Å². The molecule has 0 bridgehead atoms. The van der Waals surface area contributed by atoms with Gasteiger partial charge in [0, 0.05) is 20.1 Å². The highest BCUT2D eigenvalue weighted by Crippen LogP contribution is 2.31. The minimum atomic E-state index is -0.303. The van der Waals surface area contributed by atoms with Crippen LogP contribution in [0.2, 0.25) is 0 Å². The van der Waals surface area contributed by atoms with Crippen LogP contribution >= 0.6 is 11.3 Å². The number of para-hydroxylation sites is 2. The molecule has 0 saturated carbocycles. The van der Waals surface area contributed by atoms with Gasteiger partial charge in [0.1, 0.15) is 4.83 Å². The number of hydrogen-bond acceptors (Lipinski definition) is 7. The molecule has 3 aromatic heterocycles. The van der Waals surface area contributed by atoms with Crippen LogP contribution in [0.15, 0.2) is 35.4 Å². The largest absolute Gasteiger partial charge is 0.354 e. The highest BCUT2D eigenvalue weighted by molar-refractivity contribution is 7.20. The Bertz CT molecular complexity index is 1350. The molecular formula is C21H20N6O2S. The summed E-state index contributed by atoms with van der Waals surface area (Å²) in [7, 11) is 1.65. The van der Waals surface area contributed by atoms with Gasteiger partial charge < -0.3 is 14.8 Å². The third-order valence-electron chi connectivity index (χ3n) is 5.41. The van der Waals surface area contributed by atoms with Crippen molar-refractivity contribution in [2.75, 3.05) is 23.3 Å². The summed E-state index contributed by atoms with van der Waals surface area (Å²) in [5.74, 6) is 0.827. The third kappa shape index (κ3) is 3.02. The maximum Gasteiger partial charge on any atom is 0.267 e. The maximum absolute atomic E-state index is 13.2. The molecule has 0 atom stereocenters. The van der Waals surface area contributed by atoms with E-state index in [1.807, 2.05) is 24.3 Å². The summed E-state index contributed by atoms with van der Waals surface area (Å²) in [5, 5.41) is 3.44. The quantitative estimate of drug-likeness (QED) is 0.547. The number of benzene rings is 1. The number of amides is 1. The fourth-order valence-electron chi connectivity index (χ4n) is 3.81. The Labute approximate surface area is 176 Å². The average molecular weight is 420 g/mol. The topological polar surface area (TPSA) is 93.0 Å². The number of thiophene rings is 1. The van der Waals surface area contributed by atoms with Crippen LogP contribution in [-0.4, -0.2) is 38.5 Å². The summed E-state index contributed by atoms with van der Waals surface area (Å²) in [6.07, 6.45) is 3.65. The number of rotatable bonds is 3. The van der Waals surface area contributed by atoms with Crippen molar-refractivity contribution in [2.45, 2.75) is 19.8 Å². The normalized spacial score (nSPS) is 14.0. The summed E-state index contributed by atoms with van der Waals surface area (Å²) in [6.45, 7) is 3.56. The van der Waals surface area contributed by atoms with Crippen LogP contribution in [0.1, 0.15) is 28.1 Å². The van der Waals surface area contributed by atoms with Crippen molar-refractivity contribution in [2.24, 2.45) is 7.05 Å². The molecular weight excluding hydrogens is 400 g/mol. The Morgan fingerprint density at radius 1 is 1.13 bits per heavy atom. The molecule has 0 radical (unpaired) electrons. The molecule has 152 valence electrons. The Hall–Kier alpha value is -3.33. The predicted molar refractivity (Wildman–Crippen MR) is 119 cm³/mol. The van der Waals surface area contributed by atoms with Crippen molar-refractivity contribution in [3.05, 3.63) is 51.4 Å². The van der Waals surface area contributed by atoms with Crippen molar-refractivity contribution in [3.8, 4) is 0 Å². The Balaban J connectivity index is 1.58. The molecule has 4 aromatic rings. The second-order valence-corrected chi connectivity index (χ2v) is 8.43. The van der Waals surface area contributed by atoms with Crippen LogP contribution in [0, 0.1) is 6.92 Å². The Kier molecular flexibility index (Phi) is 4.47.